The third-order valence-corrected chi connectivity index (χ3v) is 5.28. The van der Waals surface area contributed by atoms with Gasteiger partial charge in [0, 0.05) is 34.1 Å². The minimum absolute atomic E-state index is 0.158. The van der Waals surface area contributed by atoms with Crippen LogP contribution in [0.4, 0.5) is 20.4 Å². The Morgan fingerprint density at radius 3 is 2.48 bits per heavy atom. The molecular weight excluding hydrogens is 426 g/mol. The molecule has 0 unspecified atom stereocenters. The maximum atomic E-state index is 14.6. The quantitative estimate of drug-likeness (QED) is 0.453. The fourth-order valence-corrected chi connectivity index (χ4v) is 3.69. The van der Waals surface area contributed by atoms with Crippen molar-refractivity contribution in [2.75, 3.05) is 5.32 Å². The molecule has 6 nitrogen and oxygen atoms in total. The van der Waals surface area contributed by atoms with E-state index in [9.17, 15) is 13.6 Å². The van der Waals surface area contributed by atoms with E-state index >= 15 is 0 Å². The minimum Gasteiger partial charge on any atom is -0.478 e. The first kappa shape index (κ1) is 20.4. The average molecular weight is 442 g/mol. The Morgan fingerprint density at radius 2 is 1.73 bits per heavy atom. The van der Waals surface area contributed by atoms with Gasteiger partial charge >= 0.3 is 5.97 Å². The summed E-state index contributed by atoms with van der Waals surface area (Å²) in [5.41, 5.74) is 3.69. The number of aromatic carboxylic acids is 1. The molecule has 8 heteroatoms. The number of carboxylic acids is 1. The Kier molecular flexibility index (Phi) is 5.10. The summed E-state index contributed by atoms with van der Waals surface area (Å²) >= 11 is 0. The fourth-order valence-electron chi connectivity index (χ4n) is 3.69. The van der Waals surface area contributed by atoms with Gasteiger partial charge in [0.25, 0.3) is 0 Å². The molecule has 0 radical (unpaired) electrons. The number of nitrogens with one attached hydrogen (secondary N) is 1. The summed E-state index contributed by atoms with van der Waals surface area (Å²) in [5.74, 6) is -1.64. The van der Waals surface area contributed by atoms with Gasteiger partial charge in [0.1, 0.15) is 11.6 Å². The molecule has 0 saturated carbocycles. The number of benzene rings is 3. The molecule has 2 heterocycles. The second-order valence-corrected chi connectivity index (χ2v) is 7.41. The first-order valence-electron chi connectivity index (χ1n) is 10.1. The molecule has 1 aliphatic rings. The van der Waals surface area contributed by atoms with Crippen LogP contribution in [0.2, 0.25) is 0 Å². The van der Waals surface area contributed by atoms with E-state index in [-0.39, 0.29) is 18.1 Å². The third kappa shape index (κ3) is 3.94. The molecular formula is C25H16F2N4O2. The minimum atomic E-state index is -1.02. The van der Waals surface area contributed by atoms with E-state index in [1.54, 1.807) is 42.6 Å². The summed E-state index contributed by atoms with van der Waals surface area (Å²) in [6, 6.07) is 16.7. The van der Waals surface area contributed by atoms with Crippen LogP contribution >= 0.6 is 0 Å². The molecule has 0 fully saturated rings. The maximum absolute atomic E-state index is 14.6. The van der Waals surface area contributed by atoms with Crippen molar-refractivity contribution in [3.05, 3.63) is 107 Å². The van der Waals surface area contributed by atoms with Crippen molar-refractivity contribution in [3.63, 3.8) is 0 Å². The average Bonchev–Trinajstić information content (AvgIpc) is 2.96. The second-order valence-electron chi connectivity index (χ2n) is 7.41. The van der Waals surface area contributed by atoms with Gasteiger partial charge in [-0.1, -0.05) is 12.1 Å². The predicted molar refractivity (Wildman–Crippen MR) is 120 cm³/mol. The van der Waals surface area contributed by atoms with Gasteiger partial charge in [-0.2, -0.15) is 0 Å². The van der Waals surface area contributed by atoms with Crippen LogP contribution in [-0.4, -0.2) is 26.8 Å². The van der Waals surface area contributed by atoms with Gasteiger partial charge < -0.3 is 10.4 Å². The van der Waals surface area contributed by atoms with Crippen LogP contribution in [0.1, 0.15) is 27.0 Å². The Balaban J connectivity index is 1.58. The van der Waals surface area contributed by atoms with Gasteiger partial charge in [0.2, 0.25) is 5.95 Å². The maximum Gasteiger partial charge on any atom is 0.335 e. The Hall–Kier alpha value is -4.46. The third-order valence-electron chi connectivity index (χ3n) is 5.28. The number of aromatic nitrogens is 2. The Labute approximate surface area is 187 Å². The lowest BCUT2D eigenvalue weighted by Gasteiger charge is -2.13. The molecule has 5 rings (SSSR count). The molecule has 0 bridgehead atoms. The lowest BCUT2D eigenvalue weighted by Crippen LogP contribution is -2.07. The molecule has 33 heavy (non-hydrogen) atoms. The predicted octanol–water partition coefficient (Wildman–Crippen LogP) is 5.21. The molecule has 4 aromatic rings. The van der Waals surface area contributed by atoms with Crippen LogP contribution in [0.3, 0.4) is 0 Å². The number of nitrogens with zero attached hydrogens (tertiary/aromatic N) is 3. The van der Waals surface area contributed by atoms with Crippen LogP contribution < -0.4 is 5.32 Å². The van der Waals surface area contributed by atoms with Gasteiger partial charge in [-0.25, -0.2) is 23.5 Å². The molecule has 0 atom stereocenters. The zero-order valence-corrected chi connectivity index (χ0v) is 17.1. The van der Waals surface area contributed by atoms with Gasteiger partial charge in [0.05, 0.1) is 23.5 Å². The highest BCUT2D eigenvalue weighted by molar-refractivity contribution is 6.16. The lowest BCUT2D eigenvalue weighted by molar-refractivity contribution is 0.0697. The number of halogens is 2. The first-order chi connectivity index (χ1) is 16.0. The number of carbonyl (C=O) groups is 1. The molecule has 2 N–H and O–H groups in total. The highest BCUT2D eigenvalue weighted by Gasteiger charge is 2.23. The number of hydrogen-bond acceptors (Lipinski definition) is 5. The monoisotopic (exact) mass is 442 g/mol. The molecule has 0 aliphatic carbocycles. The van der Waals surface area contributed by atoms with Crippen molar-refractivity contribution in [1.29, 1.82) is 0 Å². The zero-order chi connectivity index (χ0) is 22.9. The Bertz CT molecular complexity index is 1420. The number of rotatable bonds is 4. The second kappa shape index (κ2) is 8.23. The van der Waals surface area contributed by atoms with E-state index in [4.69, 9.17) is 5.11 Å². The largest absolute Gasteiger partial charge is 0.478 e. The van der Waals surface area contributed by atoms with Crippen LogP contribution in [0.5, 0.6) is 0 Å². The van der Waals surface area contributed by atoms with Gasteiger partial charge in [-0.15, -0.1) is 0 Å². The van der Waals surface area contributed by atoms with Gasteiger partial charge in [-0.05, 0) is 54.6 Å². The molecule has 0 amide bonds. The number of fused-ring (bicyclic) bond motifs is 3. The van der Waals surface area contributed by atoms with E-state index in [1.165, 1.54) is 30.3 Å². The summed E-state index contributed by atoms with van der Waals surface area (Å²) in [6.07, 6.45) is 1.60. The van der Waals surface area contributed by atoms with E-state index in [2.05, 4.69) is 20.3 Å². The highest BCUT2D eigenvalue weighted by Crippen LogP contribution is 2.33. The van der Waals surface area contributed by atoms with Crippen molar-refractivity contribution in [2.45, 2.75) is 6.54 Å². The fraction of sp³-hybridized carbons (Fsp3) is 0.0400. The van der Waals surface area contributed by atoms with Crippen molar-refractivity contribution < 1.29 is 18.7 Å². The molecule has 1 aliphatic heterocycles. The molecule has 0 spiro atoms. The summed E-state index contributed by atoms with van der Waals surface area (Å²) in [4.78, 5) is 24.6. The number of anilines is 2. The standard InChI is InChI=1S/C25H16F2N4O2/c26-16-7-10-18-20(11-16)22-15(12-28-23(18)19-3-1-2-4-21(19)27)13-29-25(31-22)30-17-8-5-14(6-9-17)24(32)33/h1-11,13H,12H2,(H,32,33)(H,29,30,31). The highest BCUT2D eigenvalue weighted by atomic mass is 19.1. The Morgan fingerprint density at radius 1 is 0.939 bits per heavy atom. The van der Waals surface area contributed by atoms with E-state index in [0.29, 0.717) is 39.3 Å². The van der Waals surface area contributed by atoms with Crippen LogP contribution in [-0.2, 0) is 6.54 Å². The van der Waals surface area contributed by atoms with Crippen molar-refractivity contribution in [3.8, 4) is 11.3 Å². The summed E-state index contributed by atoms with van der Waals surface area (Å²) in [7, 11) is 0. The number of hydrogen-bond donors (Lipinski definition) is 2. The topological polar surface area (TPSA) is 87.5 Å². The summed E-state index contributed by atoms with van der Waals surface area (Å²) in [6.45, 7) is 0.197. The van der Waals surface area contributed by atoms with Gasteiger partial charge in [-0.3, -0.25) is 4.99 Å². The molecule has 0 saturated heterocycles. The number of carboxylic acid groups (broad SMARTS) is 1. The summed E-state index contributed by atoms with van der Waals surface area (Å²) < 4.78 is 28.8. The van der Waals surface area contributed by atoms with Crippen LogP contribution in [0.25, 0.3) is 11.3 Å². The number of aliphatic imine (C=N–C) groups is 1. The molecule has 162 valence electrons. The van der Waals surface area contributed by atoms with E-state index in [1.807, 2.05) is 0 Å². The smallest absolute Gasteiger partial charge is 0.335 e. The van der Waals surface area contributed by atoms with Crippen molar-refractivity contribution in [2.24, 2.45) is 4.99 Å². The van der Waals surface area contributed by atoms with E-state index in [0.717, 1.165) is 0 Å². The van der Waals surface area contributed by atoms with Crippen LogP contribution in [0.15, 0.2) is 77.9 Å². The van der Waals surface area contributed by atoms with Gasteiger partial charge in [0.15, 0.2) is 0 Å². The SMILES string of the molecule is O=C(O)c1ccc(Nc2ncc3c(n2)-c2cc(F)ccc2C(c2ccccc2F)=NC3)cc1. The van der Waals surface area contributed by atoms with Crippen LogP contribution in [0, 0.1) is 11.6 Å². The molecule has 3 aromatic carbocycles. The van der Waals surface area contributed by atoms with E-state index < -0.39 is 17.6 Å². The zero-order valence-electron chi connectivity index (χ0n) is 17.1. The van der Waals surface area contributed by atoms with Crippen molar-refractivity contribution in [1.82, 2.24) is 9.97 Å². The molecule has 1 aromatic heterocycles. The first-order valence-corrected chi connectivity index (χ1v) is 10.1. The summed E-state index contributed by atoms with van der Waals surface area (Å²) in [5, 5.41) is 12.1. The lowest BCUT2D eigenvalue weighted by atomic mass is 9.95. The van der Waals surface area contributed by atoms with Crippen molar-refractivity contribution >= 4 is 23.3 Å². The normalized spacial score (nSPS) is 12.2.